The summed E-state index contributed by atoms with van der Waals surface area (Å²) in [6, 6.07) is 5.86. The third kappa shape index (κ3) is 3.68. The lowest BCUT2D eigenvalue weighted by Crippen LogP contribution is -2.47. The van der Waals surface area contributed by atoms with Crippen molar-refractivity contribution >= 4 is 15.7 Å². The third-order valence-electron chi connectivity index (χ3n) is 3.22. The summed E-state index contributed by atoms with van der Waals surface area (Å²) in [5, 5.41) is 9.07. The number of sulfonamides is 1. The molecule has 0 aromatic heterocycles. The van der Waals surface area contributed by atoms with Crippen LogP contribution >= 0.6 is 0 Å². The second kappa shape index (κ2) is 5.77. The zero-order valence-electron chi connectivity index (χ0n) is 11.1. The molecule has 0 amide bonds. The first-order valence-corrected chi connectivity index (χ1v) is 8.20. The van der Waals surface area contributed by atoms with Crippen LogP contribution in [0.1, 0.15) is 18.4 Å². The van der Waals surface area contributed by atoms with Crippen molar-refractivity contribution < 1.29 is 12.8 Å². The maximum absolute atomic E-state index is 13.1. The van der Waals surface area contributed by atoms with Crippen molar-refractivity contribution in [3.63, 3.8) is 0 Å². The Morgan fingerprint density at radius 2 is 2.25 bits per heavy atom. The number of rotatable bonds is 3. The normalized spacial score (nSPS) is 19.6. The first-order valence-electron chi connectivity index (χ1n) is 6.31. The Morgan fingerprint density at radius 3 is 2.90 bits per heavy atom. The van der Waals surface area contributed by atoms with Gasteiger partial charge in [0.05, 0.1) is 17.5 Å². The molecule has 0 radical (unpaired) electrons. The van der Waals surface area contributed by atoms with Gasteiger partial charge in [-0.3, -0.25) is 0 Å². The van der Waals surface area contributed by atoms with Gasteiger partial charge in [0, 0.05) is 19.1 Å². The summed E-state index contributed by atoms with van der Waals surface area (Å²) in [6.07, 6.45) is 2.70. The monoisotopic (exact) mass is 297 g/mol. The van der Waals surface area contributed by atoms with E-state index in [-0.39, 0.29) is 11.6 Å². The van der Waals surface area contributed by atoms with E-state index in [0.717, 1.165) is 25.6 Å². The highest BCUT2D eigenvalue weighted by molar-refractivity contribution is 7.88. The van der Waals surface area contributed by atoms with Crippen LogP contribution in [0.5, 0.6) is 0 Å². The molecule has 108 valence electrons. The maximum Gasteiger partial charge on any atom is 0.209 e. The van der Waals surface area contributed by atoms with Gasteiger partial charge in [-0.05, 0) is 31.0 Å². The molecule has 1 aliphatic heterocycles. The van der Waals surface area contributed by atoms with Gasteiger partial charge in [-0.15, -0.1) is 0 Å². The van der Waals surface area contributed by atoms with Gasteiger partial charge in [-0.25, -0.2) is 17.5 Å². The predicted octanol–water partition coefficient (Wildman–Crippen LogP) is 1.22. The van der Waals surface area contributed by atoms with Crippen LogP contribution in [0.3, 0.4) is 0 Å². The minimum absolute atomic E-state index is 0.185. The fraction of sp³-hybridized carbons (Fsp3) is 0.462. The SMILES string of the molecule is CS(=O)(=O)NC1CCCN(c2ccc(F)cc2C#N)C1. The number of benzene rings is 1. The number of halogens is 1. The van der Waals surface area contributed by atoms with E-state index in [1.807, 2.05) is 11.0 Å². The van der Waals surface area contributed by atoms with Crippen LogP contribution < -0.4 is 9.62 Å². The Morgan fingerprint density at radius 1 is 1.50 bits per heavy atom. The quantitative estimate of drug-likeness (QED) is 0.910. The van der Waals surface area contributed by atoms with Gasteiger partial charge in [0.1, 0.15) is 11.9 Å². The highest BCUT2D eigenvalue weighted by Crippen LogP contribution is 2.24. The second-order valence-electron chi connectivity index (χ2n) is 4.95. The van der Waals surface area contributed by atoms with Crippen LogP contribution in [-0.2, 0) is 10.0 Å². The number of nitrogens with zero attached hydrogens (tertiary/aromatic N) is 2. The molecule has 2 rings (SSSR count). The van der Waals surface area contributed by atoms with Gasteiger partial charge < -0.3 is 4.90 Å². The van der Waals surface area contributed by atoms with E-state index in [4.69, 9.17) is 5.26 Å². The molecule has 20 heavy (non-hydrogen) atoms. The Balaban J connectivity index is 2.19. The summed E-state index contributed by atoms with van der Waals surface area (Å²) >= 11 is 0. The molecule has 0 bridgehead atoms. The molecule has 0 saturated carbocycles. The molecule has 0 spiro atoms. The third-order valence-corrected chi connectivity index (χ3v) is 3.98. The summed E-state index contributed by atoms with van der Waals surface area (Å²) in [6.45, 7) is 1.20. The van der Waals surface area contributed by atoms with Crippen LogP contribution in [0.2, 0.25) is 0 Å². The molecule has 1 saturated heterocycles. The van der Waals surface area contributed by atoms with E-state index >= 15 is 0 Å². The summed E-state index contributed by atoms with van der Waals surface area (Å²) in [5.74, 6) is -0.451. The molecule has 1 aliphatic rings. The summed E-state index contributed by atoms with van der Waals surface area (Å²) in [7, 11) is -3.25. The molecule has 1 aromatic rings. The van der Waals surface area contributed by atoms with Crippen LogP contribution in [0.25, 0.3) is 0 Å². The van der Waals surface area contributed by atoms with E-state index in [1.165, 1.54) is 12.1 Å². The average Bonchev–Trinajstić information content (AvgIpc) is 2.36. The molecule has 1 atom stereocenters. The molecule has 5 nitrogen and oxygen atoms in total. The molecular weight excluding hydrogens is 281 g/mol. The Labute approximate surface area is 118 Å². The van der Waals surface area contributed by atoms with Gasteiger partial charge in [-0.2, -0.15) is 5.26 Å². The number of nitriles is 1. The molecule has 7 heteroatoms. The number of anilines is 1. The number of piperidine rings is 1. The topological polar surface area (TPSA) is 73.2 Å². The van der Waals surface area contributed by atoms with Crippen LogP contribution in [0.15, 0.2) is 18.2 Å². The van der Waals surface area contributed by atoms with E-state index < -0.39 is 15.8 Å². The zero-order valence-corrected chi connectivity index (χ0v) is 12.0. The van der Waals surface area contributed by atoms with Gasteiger partial charge in [0.2, 0.25) is 10.0 Å². The number of hydrogen-bond acceptors (Lipinski definition) is 4. The highest BCUT2D eigenvalue weighted by Gasteiger charge is 2.24. The van der Waals surface area contributed by atoms with E-state index in [2.05, 4.69) is 4.72 Å². The molecule has 1 N–H and O–H groups in total. The summed E-state index contributed by atoms with van der Waals surface area (Å²) in [5.41, 5.74) is 0.916. The molecular formula is C13H16FN3O2S. The lowest BCUT2D eigenvalue weighted by molar-refractivity contribution is 0.467. The molecule has 1 unspecified atom stereocenters. The van der Waals surface area contributed by atoms with Gasteiger partial charge in [0.15, 0.2) is 0 Å². The molecule has 1 heterocycles. The standard InChI is InChI=1S/C13H16FN3O2S/c1-20(18,19)16-12-3-2-6-17(9-12)13-5-4-11(14)7-10(13)8-15/h4-5,7,12,16H,2-3,6,9H2,1H3. The largest absolute Gasteiger partial charge is 0.369 e. The lowest BCUT2D eigenvalue weighted by atomic mass is 10.0. The molecule has 1 aromatic carbocycles. The van der Waals surface area contributed by atoms with Gasteiger partial charge in [-0.1, -0.05) is 0 Å². The van der Waals surface area contributed by atoms with Gasteiger partial charge >= 0.3 is 0 Å². The maximum atomic E-state index is 13.1. The van der Waals surface area contributed by atoms with Crippen LogP contribution in [0, 0.1) is 17.1 Å². The van der Waals surface area contributed by atoms with E-state index in [0.29, 0.717) is 12.2 Å². The lowest BCUT2D eigenvalue weighted by Gasteiger charge is -2.34. The second-order valence-corrected chi connectivity index (χ2v) is 6.73. The van der Waals surface area contributed by atoms with E-state index in [9.17, 15) is 12.8 Å². The van der Waals surface area contributed by atoms with E-state index in [1.54, 1.807) is 6.07 Å². The zero-order chi connectivity index (χ0) is 14.8. The predicted molar refractivity (Wildman–Crippen MR) is 74.3 cm³/mol. The Hall–Kier alpha value is -1.65. The fourth-order valence-electron chi connectivity index (χ4n) is 2.47. The minimum Gasteiger partial charge on any atom is -0.369 e. The van der Waals surface area contributed by atoms with Crippen molar-refractivity contribution in [3.8, 4) is 6.07 Å². The van der Waals surface area contributed by atoms with Gasteiger partial charge in [0.25, 0.3) is 0 Å². The number of hydrogen-bond donors (Lipinski definition) is 1. The van der Waals surface area contributed by atoms with Crippen molar-refractivity contribution in [2.75, 3.05) is 24.2 Å². The van der Waals surface area contributed by atoms with Crippen molar-refractivity contribution in [3.05, 3.63) is 29.6 Å². The van der Waals surface area contributed by atoms with Crippen molar-refractivity contribution in [1.82, 2.24) is 4.72 Å². The van der Waals surface area contributed by atoms with Crippen LogP contribution in [0.4, 0.5) is 10.1 Å². The fourth-order valence-corrected chi connectivity index (χ4v) is 3.27. The summed E-state index contributed by atoms with van der Waals surface area (Å²) in [4.78, 5) is 1.92. The Bertz CT molecular complexity index is 640. The van der Waals surface area contributed by atoms with Crippen molar-refractivity contribution in [2.45, 2.75) is 18.9 Å². The van der Waals surface area contributed by atoms with Crippen LogP contribution in [-0.4, -0.2) is 33.8 Å². The molecule has 0 aliphatic carbocycles. The summed E-state index contributed by atoms with van der Waals surface area (Å²) < 4.78 is 38.3. The molecule has 1 fully saturated rings. The first kappa shape index (κ1) is 14.8. The average molecular weight is 297 g/mol. The highest BCUT2D eigenvalue weighted by atomic mass is 32.2. The smallest absolute Gasteiger partial charge is 0.209 e. The van der Waals surface area contributed by atoms with Crippen molar-refractivity contribution in [2.24, 2.45) is 0 Å². The number of nitrogens with one attached hydrogen (secondary N) is 1. The Kier molecular flexibility index (Phi) is 4.26. The first-order chi connectivity index (χ1) is 9.39. The van der Waals surface area contributed by atoms with Crippen molar-refractivity contribution in [1.29, 1.82) is 5.26 Å². The minimum atomic E-state index is -3.25.